The van der Waals surface area contributed by atoms with E-state index >= 15 is 0 Å². The number of aliphatic carboxylic acids is 1. The lowest BCUT2D eigenvalue weighted by molar-refractivity contribution is -0.148. The number of hydrogen-bond acceptors (Lipinski definition) is 10. The standard InChI is InChI=1S/C36H48N6O7S/c1-8-22(4)30(41-33(45)31-37-15-12-16-38-31)35(46)42(7)28(21(2)3)19-29(49-24(6)43)34-40-27(20-50-34)32(44)39-26(17-23(5)36(47)48)18-25-13-10-9-11-14-25/h9-16,20-23,26,28-30H,8,17-19H2,1-7H3,(H,39,44)(H,41,45)(H,47,48)/t22-,23-,26+,28+,29+,30-/m0/s1. The summed E-state index contributed by atoms with van der Waals surface area (Å²) in [6.45, 7) is 10.6. The highest BCUT2D eigenvalue weighted by atomic mass is 32.1. The third kappa shape index (κ3) is 11.4. The first-order valence-corrected chi connectivity index (χ1v) is 17.6. The number of ether oxygens (including phenoxy) is 1. The number of esters is 1. The van der Waals surface area contributed by atoms with Gasteiger partial charge in [-0.25, -0.2) is 15.0 Å². The van der Waals surface area contributed by atoms with Gasteiger partial charge in [0.25, 0.3) is 11.8 Å². The summed E-state index contributed by atoms with van der Waals surface area (Å²) in [7, 11) is 1.66. The second kappa shape index (κ2) is 18.9. The molecule has 3 amide bonds. The van der Waals surface area contributed by atoms with E-state index < -0.39 is 53.9 Å². The third-order valence-electron chi connectivity index (χ3n) is 8.66. The Balaban J connectivity index is 1.82. The molecule has 0 spiro atoms. The molecule has 0 aliphatic carbocycles. The summed E-state index contributed by atoms with van der Waals surface area (Å²) < 4.78 is 5.72. The van der Waals surface area contributed by atoms with E-state index in [9.17, 15) is 29.1 Å². The Morgan fingerprint density at radius 3 is 2.18 bits per heavy atom. The molecule has 0 unspecified atom stereocenters. The molecular formula is C36H48N6O7S. The summed E-state index contributed by atoms with van der Waals surface area (Å²) in [6.07, 6.45) is 3.49. The number of hydrogen-bond donors (Lipinski definition) is 3. The van der Waals surface area contributed by atoms with Gasteiger partial charge in [0.2, 0.25) is 11.7 Å². The molecule has 270 valence electrons. The smallest absolute Gasteiger partial charge is 0.306 e. The first kappa shape index (κ1) is 39.7. The number of thiazole rings is 1. The number of benzene rings is 1. The van der Waals surface area contributed by atoms with Crippen LogP contribution in [0, 0.1) is 17.8 Å². The van der Waals surface area contributed by atoms with Crippen LogP contribution in [0.4, 0.5) is 0 Å². The molecule has 3 N–H and O–H groups in total. The molecule has 0 saturated carbocycles. The van der Waals surface area contributed by atoms with Crippen molar-refractivity contribution in [3.05, 3.63) is 76.3 Å². The minimum absolute atomic E-state index is 0.0435. The fraction of sp³-hybridized carbons (Fsp3) is 0.500. The molecule has 50 heavy (non-hydrogen) atoms. The van der Waals surface area contributed by atoms with Crippen LogP contribution < -0.4 is 10.6 Å². The molecule has 0 aliphatic heterocycles. The second-order valence-corrected chi connectivity index (χ2v) is 13.8. The molecule has 0 radical (unpaired) electrons. The number of nitrogens with one attached hydrogen (secondary N) is 2. The molecule has 2 aromatic heterocycles. The highest BCUT2D eigenvalue weighted by molar-refractivity contribution is 7.09. The molecule has 2 heterocycles. The Bertz CT molecular complexity index is 1590. The molecule has 3 aromatic rings. The summed E-state index contributed by atoms with van der Waals surface area (Å²) in [4.78, 5) is 78.4. The van der Waals surface area contributed by atoms with Gasteiger partial charge in [-0.3, -0.25) is 24.0 Å². The van der Waals surface area contributed by atoms with E-state index in [0.717, 1.165) is 16.9 Å². The molecule has 14 heteroatoms. The number of nitrogens with zero attached hydrogens (tertiary/aromatic N) is 4. The van der Waals surface area contributed by atoms with E-state index in [2.05, 4.69) is 25.6 Å². The average Bonchev–Trinajstić information content (AvgIpc) is 3.59. The van der Waals surface area contributed by atoms with Gasteiger partial charge in [0.05, 0.1) is 5.92 Å². The topological polar surface area (TPSA) is 181 Å². The van der Waals surface area contributed by atoms with Crippen LogP contribution in [-0.4, -0.2) is 79.8 Å². The van der Waals surface area contributed by atoms with Gasteiger partial charge < -0.3 is 25.4 Å². The fourth-order valence-corrected chi connectivity index (χ4v) is 6.44. The average molecular weight is 709 g/mol. The lowest BCUT2D eigenvalue weighted by atomic mass is 9.93. The van der Waals surface area contributed by atoms with Crippen LogP contribution in [0.25, 0.3) is 0 Å². The van der Waals surface area contributed by atoms with Crippen molar-refractivity contribution in [1.29, 1.82) is 0 Å². The van der Waals surface area contributed by atoms with Gasteiger partial charge in [-0.05, 0) is 36.3 Å². The predicted molar refractivity (Wildman–Crippen MR) is 188 cm³/mol. The van der Waals surface area contributed by atoms with Gasteiger partial charge in [-0.2, -0.15) is 0 Å². The lowest BCUT2D eigenvalue weighted by Crippen LogP contribution is -2.54. The number of aromatic nitrogens is 3. The van der Waals surface area contributed by atoms with Crippen molar-refractivity contribution in [3.63, 3.8) is 0 Å². The van der Waals surface area contributed by atoms with E-state index in [0.29, 0.717) is 17.8 Å². The maximum absolute atomic E-state index is 14.0. The highest BCUT2D eigenvalue weighted by Crippen LogP contribution is 2.31. The van der Waals surface area contributed by atoms with Gasteiger partial charge >= 0.3 is 11.9 Å². The van der Waals surface area contributed by atoms with E-state index in [1.54, 1.807) is 30.3 Å². The lowest BCUT2D eigenvalue weighted by Gasteiger charge is -2.36. The molecule has 0 bridgehead atoms. The van der Waals surface area contributed by atoms with Gasteiger partial charge in [0, 0.05) is 50.2 Å². The van der Waals surface area contributed by atoms with E-state index in [1.807, 2.05) is 58.0 Å². The monoisotopic (exact) mass is 708 g/mol. The van der Waals surface area contributed by atoms with Crippen LogP contribution in [-0.2, 0) is 25.5 Å². The molecule has 0 saturated heterocycles. The maximum atomic E-state index is 14.0. The Kier molecular flexibility index (Phi) is 15.0. The van der Waals surface area contributed by atoms with Crippen LogP contribution in [0.5, 0.6) is 0 Å². The minimum Gasteiger partial charge on any atom is -0.481 e. The number of likely N-dealkylation sites (N-methyl/N-ethyl adjacent to an activating group) is 1. The van der Waals surface area contributed by atoms with Crippen molar-refractivity contribution < 1.29 is 33.8 Å². The SMILES string of the molecule is CC[C@H](C)[C@H](NC(=O)c1ncccn1)C(=O)N(C)[C@H](C[C@@H](OC(C)=O)c1nc(C(=O)N[C@@H](Cc2ccccc2)C[C@H](C)C(=O)O)cs1)C(C)C. The largest absolute Gasteiger partial charge is 0.481 e. The predicted octanol–water partition coefficient (Wildman–Crippen LogP) is 4.71. The number of carbonyl (C=O) groups is 5. The molecular weight excluding hydrogens is 660 g/mol. The van der Waals surface area contributed by atoms with Crippen molar-refractivity contribution in [2.45, 2.75) is 91.5 Å². The summed E-state index contributed by atoms with van der Waals surface area (Å²) >= 11 is 1.15. The Morgan fingerprint density at radius 2 is 1.60 bits per heavy atom. The van der Waals surface area contributed by atoms with Gasteiger partial charge in [-0.1, -0.05) is 71.4 Å². The summed E-state index contributed by atoms with van der Waals surface area (Å²) in [5.41, 5.74) is 1.06. The number of carboxylic acid groups (broad SMARTS) is 1. The van der Waals surface area contributed by atoms with Gasteiger partial charge in [-0.15, -0.1) is 11.3 Å². The van der Waals surface area contributed by atoms with Crippen molar-refractivity contribution in [2.75, 3.05) is 7.05 Å². The van der Waals surface area contributed by atoms with Crippen molar-refractivity contribution in [2.24, 2.45) is 17.8 Å². The fourth-order valence-electron chi connectivity index (χ4n) is 5.60. The van der Waals surface area contributed by atoms with Gasteiger partial charge in [0.15, 0.2) is 6.10 Å². The molecule has 0 fully saturated rings. The quantitative estimate of drug-likeness (QED) is 0.157. The molecule has 13 nitrogen and oxygen atoms in total. The third-order valence-corrected chi connectivity index (χ3v) is 9.60. The summed E-state index contributed by atoms with van der Waals surface area (Å²) in [5, 5.41) is 17.2. The molecule has 3 rings (SSSR count). The zero-order chi connectivity index (χ0) is 37.0. The Morgan fingerprint density at radius 1 is 0.940 bits per heavy atom. The number of amides is 3. The maximum Gasteiger partial charge on any atom is 0.306 e. The van der Waals surface area contributed by atoms with Crippen LogP contribution >= 0.6 is 11.3 Å². The zero-order valence-electron chi connectivity index (χ0n) is 29.7. The summed E-state index contributed by atoms with van der Waals surface area (Å²) in [5.74, 6) is -3.89. The Labute approximate surface area is 297 Å². The molecule has 1 aromatic carbocycles. The number of rotatable bonds is 18. The number of carbonyl (C=O) groups excluding carboxylic acids is 4. The number of carboxylic acids is 1. The van der Waals surface area contributed by atoms with Crippen LogP contribution in [0.3, 0.4) is 0 Å². The molecule has 6 atom stereocenters. The van der Waals surface area contributed by atoms with E-state index in [1.165, 1.54) is 19.3 Å². The van der Waals surface area contributed by atoms with Crippen molar-refractivity contribution in [3.8, 4) is 0 Å². The summed E-state index contributed by atoms with van der Waals surface area (Å²) in [6, 6.07) is 9.29. The second-order valence-electron chi connectivity index (χ2n) is 12.9. The van der Waals surface area contributed by atoms with Crippen LogP contribution in [0.15, 0.2) is 54.2 Å². The highest BCUT2D eigenvalue weighted by Gasteiger charge is 2.36. The molecule has 0 aliphatic rings. The first-order chi connectivity index (χ1) is 23.7. The van der Waals surface area contributed by atoms with E-state index in [-0.39, 0.29) is 42.1 Å². The minimum atomic E-state index is -0.955. The van der Waals surface area contributed by atoms with Crippen LogP contribution in [0.1, 0.15) is 98.6 Å². The van der Waals surface area contributed by atoms with Crippen molar-refractivity contribution >= 4 is 41.0 Å². The van der Waals surface area contributed by atoms with E-state index in [4.69, 9.17) is 4.74 Å². The van der Waals surface area contributed by atoms with Crippen LogP contribution in [0.2, 0.25) is 0 Å². The zero-order valence-corrected chi connectivity index (χ0v) is 30.5. The van der Waals surface area contributed by atoms with Gasteiger partial charge in [0.1, 0.15) is 16.7 Å². The normalized spacial score (nSPS) is 14.8. The first-order valence-electron chi connectivity index (χ1n) is 16.8. The van der Waals surface area contributed by atoms with Crippen molar-refractivity contribution in [1.82, 2.24) is 30.5 Å². The Hall–Kier alpha value is -4.72.